The molecule has 1 amide bonds. The van der Waals surface area contributed by atoms with E-state index in [1.807, 2.05) is 6.08 Å². The van der Waals surface area contributed by atoms with Crippen LogP contribution in [0.2, 0.25) is 0 Å². The molecule has 0 rings (SSSR count). The van der Waals surface area contributed by atoms with E-state index >= 15 is 0 Å². The zero-order chi connectivity index (χ0) is 43.2. The Morgan fingerprint density at radius 3 is 1.42 bits per heavy atom. The number of aliphatic hydroxyl groups is 1. The lowest BCUT2D eigenvalue weighted by atomic mass is 10.0. The zero-order valence-corrected chi connectivity index (χ0v) is 39.1. The van der Waals surface area contributed by atoms with Gasteiger partial charge in [-0.2, -0.15) is 0 Å². The Balaban J connectivity index is 4.23. The predicted molar refractivity (Wildman–Crippen MR) is 254 cm³/mol. The fourth-order valence-electron chi connectivity index (χ4n) is 6.86. The monoisotopic (exact) mass is 849 g/mol. The highest BCUT2D eigenvalue weighted by Crippen LogP contribution is 2.43. The standard InChI is InChI=1S/C50H93N2O6P/c1-3-5-7-9-11-13-15-17-19-21-23-24-26-28-30-32-34-36-38-40-42-44-50(54)52-48(47-58-59(55,56)57-46-45-51)49(53)43-41-39-37-35-33-31-29-27-25-22-20-18-16-14-12-10-8-6-4-2/h15,17,21,23,26,28,33,35,41,43,48-49,53H,3-14,16,18-20,22,24-25,27,29-32,34,36-40,42,44-47,51H2,1-2H3,(H,52,54)(H,55,56)/b17-15-,23-21-,28-26-,35-33+,43-41+. The summed E-state index contributed by atoms with van der Waals surface area (Å²) in [6, 6.07) is -0.887. The topological polar surface area (TPSA) is 131 Å². The molecule has 0 aliphatic heterocycles. The van der Waals surface area contributed by atoms with Crippen molar-refractivity contribution in [1.29, 1.82) is 0 Å². The molecule has 0 aromatic carbocycles. The van der Waals surface area contributed by atoms with Crippen molar-refractivity contribution in [2.24, 2.45) is 5.73 Å². The Bertz CT molecular complexity index is 1110. The van der Waals surface area contributed by atoms with Crippen molar-refractivity contribution in [2.75, 3.05) is 19.8 Å². The molecule has 0 heterocycles. The van der Waals surface area contributed by atoms with Crippen LogP contribution in [-0.4, -0.2) is 47.8 Å². The second-order valence-corrected chi connectivity index (χ2v) is 17.8. The molecule has 3 atom stereocenters. The smallest absolute Gasteiger partial charge is 0.387 e. The molecule has 8 nitrogen and oxygen atoms in total. The summed E-state index contributed by atoms with van der Waals surface area (Å²) in [5, 5.41) is 13.7. The predicted octanol–water partition coefficient (Wildman–Crippen LogP) is 14.2. The van der Waals surface area contributed by atoms with Crippen LogP contribution < -0.4 is 11.1 Å². The average Bonchev–Trinajstić information content (AvgIpc) is 3.22. The van der Waals surface area contributed by atoms with Crippen LogP contribution in [0.1, 0.15) is 219 Å². The van der Waals surface area contributed by atoms with Gasteiger partial charge in [-0.15, -0.1) is 0 Å². The van der Waals surface area contributed by atoms with Gasteiger partial charge < -0.3 is 21.1 Å². The Morgan fingerprint density at radius 1 is 0.559 bits per heavy atom. The van der Waals surface area contributed by atoms with E-state index in [2.05, 4.69) is 67.8 Å². The highest BCUT2D eigenvalue weighted by atomic mass is 31.2. The molecular formula is C50H93N2O6P. The van der Waals surface area contributed by atoms with E-state index in [0.29, 0.717) is 6.42 Å². The quantitative estimate of drug-likeness (QED) is 0.0273. The third-order valence-corrected chi connectivity index (χ3v) is 11.5. The molecule has 59 heavy (non-hydrogen) atoms. The highest BCUT2D eigenvalue weighted by molar-refractivity contribution is 7.47. The fourth-order valence-corrected chi connectivity index (χ4v) is 7.62. The molecule has 3 unspecified atom stereocenters. The molecule has 0 aliphatic rings. The number of aliphatic hydroxyl groups excluding tert-OH is 1. The van der Waals surface area contributed by atoms with Gasteiger partial charge in [-0.3, -0.25) is 13.8 Å². The summed E-state index contributed by atoms with van der Waals surface area (Å²) in [5.74, 6) is -0.217. The van der Waals surface area contributed by atoms with Crippen LogP contribution in [0.3, 0.4) is 0 Å². The fraction of sp³-hybridized carbons (Fsp3) is 0.780. The first-order valence-electron chi connectivity index (χ1n) is 24.4. The normalized spacial score (nSPS) is 14.5. The molecule has 0 aromatic heterocycles. The maximum Gasteiger partial charge on any atom is 0.472 e. The van der Waals surface area contributed by atoms with Gasteiger partial charge in [0, 0.05) is 13.0 Å². The Hall–Kier alpha value is -1.80. The second-order valence-electron chi connectivity index (χ2n) is 16.3. The number of hydrogen-bond donors (Lipinski definition) is 4. The summed E-state index contributed by atoms with van der Waals surface area (Å²) in [4.78, 5) is 22.8. The van der Waals surface area contributed by atoms with Gasteiger partial charge in [0.15, 0.2) is 0 Å². The van der Waals surface area contributed by atoms with Crippen LogP contribution in [0, 0.1) is 0 Å². The summed E-state index contributed by atoms with van der Waals surface area (Å²) in [6.07, 6.45) is 58.5. The first kappa shape index (κ1) is 57.2. The number of carbonyl (C=O) groups excluding carboxylic acids is 1. The van der Waals surface area contributed by atoms with Crippen LogP contribution in [0.5, 0.6) is 0 Å². The maximum atomic E-state index is 12.8. The lowest BCUT2D eigenvalue weighted by Gasteiger charge is -2.23. The minimum Gasteiger partial charge on any atom is -0.387 e. The number of nitrogens with two attached hydrogens (primary N) is 1. The van der Waals surface area contributed by atoms with Crippen LogP contribution in [0.15, 0.2) is 60.8 Å². The van der Waals surface area contributed by atoms with Gasteiger partial charge in [-0.1, -0.05) is 203 Å². The molecular weight excluding hydrogens is 756 g/mol. The maximum absolute atomic E-state index is 12.8. The Labute approximate surface area is 364 Å². The second kappa shape index (κ2) is 45.7. The van der Waals surface area contributed by atoms with Gasteiger partial charge in [0.25, 0.3) is 0 Å². The first-order valence-corrected chi connectivity index (χ1v) is 25.9. The van der Waals surface area contributed by atoms with Gasteiger partial charge >= 0.3 is 7.82 Å². The van der Waals surface area contributed by atoms with Crippen molar-refractivity contribution in [3.8, 4) is 0 Å². The van der Waals surface area contributed by atoms with Crippen molar-refractivity contribution in [1.82, 2.24) is 5.32 Å². The van der Waals surface area contributed by atoms with Crippen LogP contribution >= 0.6 is 7.82 Å². The lowest BCUT2D eigenvalue weighted by Crippen LogP contribution is -2.45. The largest absolute Gasteiger partial charge is 0.472 e. The third-order valence-electron chi connectivity index (χ3n) is 10.6. The number of amides is 1. The summed E-state index contributed by atoms with van der Waals surface area (Å²) in [6.45, 7) is 4.10. The number of phosphoric acid groups is 1. The van der Waals surface area contributed by atoms with Crippen molar-refractivity contribution in [3.63, 3.8) is 0 Å². The van der Waals surface area contributed by atoms with E-state index in [4.69, 9.17) is 14.8 Å². The number of allylic oxidation sites excluding steroid dienone is 9. The van der Waals surface area contributed by atoms with E-state index in [0.717, 1.165) is 64.2 Å². The van der Waals surface area contributed by atoms with Crippen molar-refractivity contribution in [2.45, 2.75) is 231 Å². The third kappa shape index (κ3) is 44.1. The number of nitrogens with one attached hydrogen (secondary N) is 1. The molecule has 0 radical (unpaired) electrons. The van der Waals surface area contributed by atoms with Crippen molar-refractivity contribution in [3.05, 3.63) is 60.8 Å². The molecule has 0 aliphatic carbocycles. The molecule has 0 bridgehead atoms. The Kier molecular flexibility index (Phi) is 44.3. The molecule has 0 fully saturated rings. The number of rotatable bonds is 45. The minimum atomic E-state index is -4.36. The summed E-state index contributed by atoms with van der Waals surface area (Å²) in [5.41, 5.74) is 5.38. The minimum absolute atomic E-state index is 0.0694. The molecule has 5 N–H and O–H groups in total. The zero-order valence-electron chi connectivity index (χ0n) is 38.2. The highest BCUT2D eigenvalue weighted by Gasteiger charge is 2.26. The average molecular weight is 849 g/mol. The summed E-state index contributed by atoms with van der Waals surface area (Å²) >= 11 is 0. The summed E-state index contributed by atoms with van der Waals surface area (Å²) in [7, 11) is -4.36. The number of carbonyl (C=O) groups is 1. The van der Waals surface area contributed by atoms with E-state index in [1.165, 1.54) is 135 Å². The van der Waals surface area contributed by atoms with E-state index in [-0.39, 0.29) is 25.7 Å². The van der Waals surface area contributed by atoms with Gasteiger partial charge in [-0.05, 0) is 70.6 Å². The molecule has 0 saturated heterocycles. The molecule has 0 aromatic rings. The number of hydrogen-bond acceptors (Lipinski definition) is 6. The summed E-state index contributed by atoms with van der Waals surface area (Å²) < 4.78 is 22.2. The lowest BCUT2D eigenvalue weighted by molar-refractivity contribution is -0.123. The van der Waals surface area contributed by atoms with Gasteiger partial charge in [0.1, 0.15) is 0 Å². The SMILES string of the molecule is CCCCCCC/C=C\C/C=C\C/C=C\CCCCCCCCC(=O)NC(COP(=O)(O)OCCN)C(O)/C=C/CC/C=C/CCCCCCCCCCCCCCC. The molecule has 0 saturated carbocycles. The van der Waals surface area contributed by atoms with Crippen molar-refractivity contribution < 1.29 is 28.4 Å². The van der Waals surface area contributed by atoms with E-state index in [9.17, 15) is 19.4 Å². The van der Waals surface area contributed by atoms with Gasteiger partial charge in [0.05, 0.1) is 25.4 Å². The van der Waals surface area contributed by atoms with Gasteiger partial charge in [-0.25, -0.2) is 4.57 Å². The first-order chi connectivity index (χ1) is 28.9. The van der Waals surface area contributed by atoms with Gasteiger partial charge in [0.2, 0.25) is 5.91 Å². The molecule has 0 spiro atoms. The number of phosphoric ester groups is 1. The molecule has 9 heteroatoms. The number of unbranched alkanes of at least 4 members (excludes halogenated alkanes) is 25. The van der Waals surface area contributed by atoms with E-state index in [1.54, 1.807) is 6.08 Å². The van der Waals surface area contributed by atoms with Crippen LogP contribution in [-0.2, 0) is 18.4 Å². The molecule has 344 valence electrons. The van der Waals surface area contributed by atoms with E-state index < -0.39 is 20.0 Å². The van der Waals surface area contributed by atoms with Crippen LogP contribution in [0.4, 0.5) is 0 Å². The Morgan fingerprint density at radius 2 is 0.949 bits per heavy atom. The van der Waals surface area contributed by atoms with Crippen molar-refractivity contribution >= 4 is 13.7 Å². The van der Waals surface area contributed by atoms with Crippen LogP contribution in [0.25, 0.3) is 0 Å².